The van der Waals surface area contributed by atoms with E-state index in [1.807, 2.05) is 54.6 Å². The fourth-order valence-electron chi connectivity index (χ4n) is 4.74. The number of ether oxygens (including phenoxy) is 1. The first-order valence-electron chi connectivity index (χ1n) is 12.3. The number of aliphatic hydroxyl groups is 2. The van der Waals surface area contributed by atoms with Gasteiger partial charge in [0.2, 0.25) is 0 Å². The van der Waals surface area contributed by atoms with Crippen molar-refractivity contribution in [2.75, 3.05) is 20.7 Å². The van der Waals surface area contributed by atoms with Gasteiger partial charge in [-0.25, -0.2) is 0 Å². The Labute approximate surface area is 218 Å². The summed E-state index contributed by atoms with van der Waals surface area (Å²) < 4.78 is 8.49. The summed E-state index contributed by atoms with van der Waals surface area (Å²) in [5.41, 5.74) is 3.46. The molecule has 0 saturated heterocycles. The van der Waals surface area contributed by atoms with Crippen molar-refractivity contribution in [2.45, 2.75) is 42.4 Å². The second-order valence-corrected chi connectivity index (χ2v) is 10.1. The van der Waals surface area contributed by atoms with Crippen LogP contribution in [0.5, 0.6) is 5.75 Å². The first kappa shape index (κ1) is 26.2. The van der Waals surface area contributed by atoms with Crippen molar-refractivity contribution in [1.29, 1.82) is 0 Å². The molecule has 1 aliphatic rings. The lowest BCUT2D eigenvalue weighted by atomic mass is 9.91. The molecule has 0 spiro atoms. The highest BCUT2D eigenvalue weighted by Gasteiger charge is 2.33. The van der Waals surface area contributed by atoms with E-state index in [4.69, 9.17) is 4.74 Å². The summed E-state index contributed by atoms with van der Waals surface area (Å²) >= 11 is 1.49. The van der Waals surface area contributed by atoms with Crippen molar-refractivity contribution in [3.63, 3.8) is 0 Å². The molecule has 7 heteroatoms. The number of benzene rings is 3. The van der Waals surface area contributed by atoms with Crippen molar-refractivity contribution in [3.05, 3.63) is 95.6 Å². The molecular weight excluding hydrogens is 470 g/mol. The van der Waals surface area contributed by atoms with E-state index in [-0.39, 0.29) is 12.0 Å². The minimum atomic E-state index is -0.566. The first-order chi connectivity index (χ1) is 17.6. The topological polar surface area (TPSA) is 86.1 Å². The van der Waals surface area contributed by atoms with Gasteiger partial charge in [-0.1, -0.05) is 54.6 Å². The predicted octanol–water partition coefficient (Wildman–Crippen LogP) is 4.18. The van der Waals surface area contributed by atoms with Gasteiger partial charge in [0.15, 0.2) is 0 Å². The number of fused-ring (bicyclic) bond motifs is 1. The molecular formula is C29H35N3O3S. The largest absolute Gasteiger partial charge is 0.497 e. The van der Waals surface area contributed by atoms with Crippen LogP contribution in [0.2, 0.25) is 0 Å². The quantitative estimate of drug-likeness (QED) is 0.178. The number of amidine groups is 1. The van der Waals surface area contributed by atoms with Gasteiger partial charge in [-0.15, -0.1) is 0 Å². The maximum atomic E-state index is 10.9. The number of hydrogen-bond acceptors (Lipinski definition) is 6. The van der Waals surface area contributed by atoms with E-state index in [0.29, 0.717) is 19.4 Å². The summed E-state index contributed by atoms with van der Waals surface area (Å²) in [5, 5.41) is 25.3. The van der Waals surface area contributed by atoms with Gasteiger partial charge in [0, 0.05) is 30.8 Å². The first-order valence-corrected chi connectivity index (χ1v) is 13.1. The molecule has 1 aliphatic carbocycles. The Morgan fingerprint density at radius 1 is 1.06 bits per heavy atom. The van der Waals surface area contributed by atoms with E-state index < -0.39 is 12.2 Å². The molecule has 4 unspecified atom stereocenters. The highest BCUT2D eigenvalue weighted by Crippen LogP contribution is 2.32. The molecule has 0 bridgehead atoms. The maximum Gasteiger partial charge on any atom is 0.118 e. The molecule has 190 valence electrons. The van der Waals surface area contributed by atoms with Gasteiger partial charge in [-0.3, -0.25) is 9.71 Å². The lowest BCUT2D eigenvalue weighted by Gasteiger charge is -2.27. The number of aliphatic imine (C=N–C) groups is 1. The average Bonchev–Trinajstić information content (AvgIpc) is 3.22. The Bertz CT molecular complexity index is 1120. The van der Waals surface area contributed by atoms with E-state index >= 15 is 0 Å². The number of methoxy groups -OCH3 is 1. The van der Waals surface area contributed by atoms with Crippen molar-refractivity contribution in [1.82, 2.24) is 10.0 Å². The van der Waals surface area contributed by atoms with Crippen LogP contribution in [-0.2, 0) is 12.8 Å². The standard InChI is InChI=1S/C29H35N3O3S/c1-30-29(32-28-26-11-7-6-10-21(26)18-27(28)34)22(16-20-8-4-3-5-9-20)17-23(33)19-31-36-25-14-12-24(35-2)13-15-25/h3-15,22-23,27-28,31,33-34H,16-19H2,1-2H3,(H,30,32). The molecule has 4 rings (SSSR count). The minimum Gasteiger partial charge on any atom is -0.497 e. The van der Waals surface area contributed by atoms with Crippen LogP contribution in [0, 0.1) is 5.92 Å². The van der Waals surface area contributed by atoms with Gasteiger partial charge in [-0.2, -0.15) is 0 Å². The Balaban J connectivity index is 1.42. The summed E-state index contributed by atoms with van der Waals surface area (Å²) in [6, 6.07) is 26.0. The normalized spacial score (nSPS) is 18.9. The van der Waals surface area contributed by atoms with Crippen LogP contribution in [0.3, 0.4) is 0 Å². The average molecular weight is 506 g/mol. The van der Waals surface area contributed by atoms with Crippen LogP contribution >= 0.6 is 11.9 Å². The van der Waals surface area contributed by atoms with Gasteiger partial charge >= 0.3 is 0 Å². The molecule has 6 nitrogen and oxygen atoms in total. The number of nitrogens with one attached hydrogen (secondary N) is 2. The van der Waals surface area contributed by atoms with E-state index in [0.717, 1.165) is 34.0 Å². The summed E-state index contributed by atoms with van der Waals surface area (Å²) in [6.45, 7) is 0.438. The monoisotopic (exact) mass is 505 g/mol. The van der Waals surface area contributed by atoms with Crippen LogP contribution in [0.25, 0.3) is 0 Å². The molecule has 0 radical (unpaired) electrons. The van der Waals surface area contributed by atoms with Crippen molar-refractivity contribution in [3.8, 4) is 5.75 Å². The highest BCUT2D eigenvalue weighted by molar-refractivity contribution is 7.97. The lowest BCUT2D eigenvalue weighted by molar-refractivity contribution is 0.146. The lowest BCUT2D eigenvalue weighted by Crippen LogP contribution is -2.40. The van der Waals surface area contributed by atoms with Gasteiger partial charge in [-0.05, 0) is 65.7 Å². The van der Waals surface area contributed by atoms with Crippen LogP contribution < -0.4 is 14.8 Å². The number of rotatable bonds is 11. The number of nitrogens with zero attached hydrogens (tertiary/aromatic N) is 1. The summed E-state index contributed by atoms with van der Waals surface area (Å²) in [7, 11) is 3.43. The number of aliphatic hydroxyl groups excluding tert-OH is 2. The zero-order valence-corrected chi connectivity index (χ0v) is 21.6. The van der Waals surface area contributed by atoms with E-state index in [9.17, 15) is 10.2 Å². The van der Waals surface area contributed by atoms with Gasteiger partial charge < -0.3 is 20.3 Å². The van der Waals surface area contributed by atoms with Gasteiger partial charge in [0.05, 0.1) is 25.4 Å². The van der Waals surface area contributed by atoms with E-state index in [1.165, 1.54) is 17.5 Å². The van der Waals surface area contributed by atoms with Crippen LogP contribution in [-0.4, -0.2) is 49.0 Å². The number of hydrogen-bond donors (Lipinski definition) is 4. The molecule has 0 aliphatic heterocycles. The Kier molecular flexibility index (Phi) is 9.41. The molecule has 0 saturated carbocycles. The van der Waals surface area contributed by atoms with Crippen LogP contribution in [0.15, 0.2) is 88.8 Å². The molecule has 3 aromatic rings. The van der Waals surface area contributed by atoms with Crippen molar-refractivity contribution < 1.29 is 14.9 Å². The highest BCUT2D eigenvalue weighted by atomic mass is 32.2. The fourth-order valence-corrected chi connectivity index (χ4v) is 5.45. The molecule has 36 heavy (non-hydrogen) atoms. The molecule has 0 fully saturated rings. The van der Waals surface area contributed by atoms with Gasteiger partial charge in [0.1, 0.15) is 11.6 Å². The maximum absolute atomic E-state index is 10.9. The predicted molar refractivity (Wildman–Crippen MR) is 147 cm³/mol. The minimum absolute atomic E-state index is 0.0276. The molecule has 0 aromatic heterocycles. The molecule has 0 heterocycles. The molecule has 3 aromatic carbocycles. The second kappa shape index (κ2) is 12.9. The third-order valence-electron chi connectivity index (χ3n) is 6.58. The summed E-state index contributed by atoms with van der Waals surface area (Å²) in [5.74, 6) is 1.60. The summed E-state index contributed by atoms with van der Waals surface area (Å²) in [4.78, 5) is 5.65. The fraction of sp³-hybridized carbons (Fsp3) is 0.345. The third-order valence-corrected chi connectivity index (χ3v) is 7.40. The smallest absolute Gasteiger partial charge is 0.118 e. The third kappa shape index (κ3) is 6.89. The van der Waals surface area contributed by atoms with Crippen molar-refractivity contribution >= 4 is 17.8 Å². The van der Waals surface area contributed by atoms with E-state index in [1.54, 1.807) is 14.2 Å². The van der Waals surface area contributed by atoms with E-state index in [2.05, 4.69) is 39.3 Å². The van der Waals surface area contributed by atoms with Crippen molar-refractivity contribution in [2.24, 2.45) is 10.9 Å². The second-order valence-electron chi connectivity index (χ2n) is 9.10. The molecule has 0 amide bonds. The van der Waals surface area contributed by atoms with Crippen LogP contribution in [0.1, 0.15) is 29.2 Å². The zero-order valence-electron chi connectivity index (χ0n) is 20.8. The zero-order chi connectivity index (χ0) is 25.3. The Morgan fingerprint density at radius 2 is 1.78 bits per heavy atom. The summed E-state index contributed by atoms with van der Waals surface area (Å²) in [6.07, 6.45) is 0.833. The SMILES string of the molecule is CN=C(NC1c2ccccc2CC1O)C(Cc1ccccc1)CC(O)CNSc1ccc(OC)cc1. The van der Waals surface area contributed by atoms with Crippen LogP contribution in [0.4, 0.5) is 0 Å². The molecule has 4 atom stereocenters. The molecule has 4 N–H and O–H groups in total. The Hall–Kier alpha value is -2.84. The Morgan fingerprint density at radius 3 is 2.50 bits per heavy atom. The van der Waals surface area contributed by atoms with Gasteiger partial charge in [0.25, 0.3) is 0 Å².